The molecule has 0 N–H and O–H groups in total. The molecule has 3 aromatic rings. The van der Waals surface area contributed by atoms with Crippen LogP contribution < -0.4 is 4.43 Å². The fraction of sp³-hybridized carbons (Fsp3) is 0.188. The second kappa shape index (κ2) is 5.00. The number of rotatable bonds is 3. The molecule has 0 radical (unpaired) electrons. The Hall–Kier alpha value is -2.14. The van der Waals surface area contributed by atoms with Gasteiger partial charge >= 0.3 is 0 Å². The molecule has 0 aliphatic heterocycles. The third-order valence-corrected chi connectivity index (χ3v) is 3.72. The Bertz CT molecular complexity index is 775. The predicted octanol–water partition coefficient (Wildman–Crippen LogP) is 4.85. The Morgan fingerprint density at radius 2 is 1.76 bits per heavy atom. The van der Waals surface area contributed by atoms with Gasteiger partial charge in [0, 0.05) is 11.6 Å². The molecule has 0 aliphatic rings. The average molecular weight is 301 g/mol. The highest BCUT2D eigenvalue weighted by atomic mass is 28.4. The van der Waals surface area contributed by atoms with Crippen LogP contribution in [0, 0.1) is 5.82 Å². The Kier molecular flexibility index (Phi) is 3.29. The number of aromatic nitrogens is 1. The lowest BCUT2D eigenvalue weighted by atomic mass is 10.2. The van der Waals surface area contributed by atoms with E-state index in [0.717, 1.165) is 16.8 Å². The third kappa shape index (κ3) is 3.13. The van der Waals surface area contributed by atoms with E-state index in [-0.39, 0.29) is 5.82 Å². The van der Waals surface area contributed by atoms with Crippen molar-refractivity contribution in [2.75, 3.05) is 0 Å². The van der Waals surface area contributed by atoms with Crippen molar-refractivity contribution >= 4 is 19.4 Å². The lowest BCUT2D eigenvalue weighted by Gasteiger charge is -2.18. The summed E-state index contributed by atoms with van der Waals surface area (Å²) in [4.78, 5) is 4.45. The molecule has 0 atom stereocenters. The molecule has 21 heavy (non-hydrogen) atoms. The van der Waals surface area contributed by atoms with Gasteiger partial charge in [-0.1, -0.05) is 0 Å². The first-order chi connectivity index (χ1) is 9.90. The molecule has 1 aromatic heterocycles. The maximum Gasteiger partial charge on any atom is 0.242 e. The smallest absolute Gasteiger partial charge is 0.242 e. The Morgan fingerprint density at radius 1 is 1.05 bits per heavy atom. The molecule has 0 saturated carbocycles. The van der Waals surface area contributed by atoms with E-state index >= 15 is 0 Å². The molecule has 0 amide bonds. The summed E-state index contributed by atoms with van der Waals surface area (Å²) in [5, 5.41) is 0. The van der Waals surface area contributed by atoms with Gasteiger partial charge < -0.3 is 8.84 Å². The largest absolute Gasteiger partial charge is 0.544 e. The van der Waals surface area contributed by atoms with Gasteiger partial charge in [-0.25, -0.2) is 9.37 Å². The SMILES string of the molecule is C[Si](C)(C)Oc1ccc2oc(-c3ccc(F)cc3)nc2c1. The van der Waals surface area contributed by atoms with Crippen LogP contribution in [0.5, 0.6) is 5.75 Å². The number of fused-ring (bicyclic) bond motifs is 1. The van der Waals surface area contributed by atoms with Crippen molar-refractivity contribution in [3.05, 3.63) is 48.3 Å². The minimum atomic E-state index is -1.65. The first-order valence-electron chi connectivity index (χ1n) is 6.76. The van der Waals surface area contributed by atoms with Crippen molar-refractivity contribution in [1.82, 2.24) is 4.98 Å². The molecule has 0 unspecified atom stereocenters. The molecule has 0 bridgehead atoms. The molecule has 3 nitrogen and oxygen atoms in total. The molecule has 0 fully saturated rings. The van der Waals surface area contributed by atoms with Crippen LogP contribution >= 0.6 is 0 Å². The van der Waals surface area contributed by atoms with Gasteiger partial charge in [0.25, 0.3) is 0 Å². The highest BCUT2D eigenvalue weighted by molar-refractivity contribution is 6.70. The minimum absolute atomic E-state index is 0.277. The summed E-state index contributed by atoms with van der Waals surface area (Å²) in [5.41, 5.74) is 2.18. The molecular weight excluding hydrogens is 285 g/mol. The van der Waals surface area contributed by atoms with E-state index in [1.165, 1.54) is 12.1 Å². The van der Waals surface area contributed by atoms with Gasteiger partial charge in [0.15, 0.2) is 5.58 Å². The van der Waals surface area contributed by atoms with Gasteiger partial charge in [-0.3, -0.25) is 0 Å². The monoisotopic (exact) mass is 301 g/mol. The van der Waals surface area contributed by atoms with Gasteiger partial charge in [0.05, 0.1) is 0 Å². The number of hydrogen-bond acceptors (Lipinski definition) is 3. The molecule has 5 heteroatoms. The molecular formula is C16H16FNO2Si. The zero-order valence-electron chi connectivity index (χ0n) is 12.2. The lowest BCUT2D eigenvalue weighted by Crippen LogP contribution is -2.29. The van der Waals surface area contributed by atoms with E-state index in [0.29, 0.717) is 11.5 Å². The number of nitrogens with zero attached hydrogens (tertiary/aromatic N) is 1. The summed E-state index contributed by atoms with van der Waals surface area (Å²) in [6, 6.07) is 11.7. The van der Waals surface area contributed by atoms with Crippen LogP contribution in [0.2, 0.25) is 19.6 Å². The summed E-state index contributed by atoms with van der Waals surface area (Å²) < 4.78 is 24.6. The van der Waals surface area contributed by atoms with Gasteiger partial charge in [-0.15, -0.1) is 0 Å². The minimum Gasteiger partial charge on any atom is -0.544 e. The summed E-state index contributed by atoms with van der Waals surface area (Å²) in [6.45, 7) is 6.39. The molecule has 1 heterocycles. The first kappa shape index (κ1) is 13.8. The van der Waals surface area contributed by atoms with Crippen LogP contribution in [0.15, 0.2) is 46.9 Å². The van der Waals surface area contributed by atoms with Gasteiger partial charge in [-0.2, -0.15) is 0 Å². The summed E-state index contributed by atoms with van der Waals surface area (Å²) in [7, 11) is -1.65. The molecule has 0 saturated heterocycles. The van der Waals surface area contributed by atoms with E-state index in [1.54, 1.807) is 12.1 Å². The van der Waals surface area contributed by atoms with Crippen LogP contribution in [0.3, 0.4) is 0 Å². The Balaban J connectivity index is 1.98. The lowest BCUT2D eigenvalue weighted by molar-refractivity contribution is 0.558. The molecule has 0 spiro atoms. The summed E-state index contributed by atoms with van der Waals surface area (Å²) in [6.07, 6.45) is 0. The number of hydrogen-bond donors (Lipinski definition) is 0. The third-order valence-electron chi connectivity index (χ3n) is 2.87. The zero-order chi connectivity index (χ0) is 15.0. The van der Waals surface area contributed by atoms with Crippen LogP contribution in [0.25, 0.3) is 22.6 Å². The predicted molar refractivity (Wildman–Crippen MR) is 83.4 cm³/mol. The molecule has 3 rings (SSSR count). The van der Waals surface area contributed by atoms with E-state index in [9.17, 15) is 4.39 Å². The normalized spacial score (nSPS) is 11.8. The van der Waals surface area contributed by atoms with Crippen molar-refractivity contribution in [2.24, 2.45) is 0 Å². The number of benzene rings is 2. The molecule has 2 aromatic carbocycles. The van der Waals surface area contributed by atoms with Gasteiger partial charge in [-0.05, 0) is 56.0 Å². The molecule has 0 aliphatic carbocycles. The van der Waals surface area contributed by atoms with Crippen molar-refractivity contribution in [2.45, 2.75) is 19.6 Å². The van der Waals surface area contributed by atoms with E-state index in [2.05, 4.69) is 24.6 Å². The fourth-order valence-corrected chi connectivity index (χ4v) is 2.87. The van der Waals surface area contributed by atoms with Crippen molar-refractivity contribution in [3.8, 4) is 17.2 Å². The Labute approximate surface area is 123 Å². The average Bonchev–Trinajstić information content (AvgIpc) is 2.80. The number of oxazole rings is 1. The standard InChI is InChI=1S/C16H16FNO2Si/c1-21(2,3)20-13-8-9-15-14(10-13)18-16(19-15)11-4-6-12(17)7-5-11/h4-10H,1-3H3. The van der Waals surface area contributed by atoms with E-state index in [1.807, 2.05) is 18.2 Å². The van der Waals surface area contributed by atoms with Crippen molar-refractivity contribution in [3.63, 3.8) is 0 Å². The van der Waals surface area contributed by atoms with Gasteiger partial charge in [0.2, 0.25) is 14.2 Å². The molecule has 108 valence electrons. The maximum absolute atomic E-state index is 13.0. The number of halogens is 1. The summed E-state index contributed by atoms with van der Waals surface area (Å²) >= 11 is 0. The van der Waals surface area contributed by atoms with Gasteiger partial charge in [0.1, 0.15) is 17.1 Å². The van der Waals surface area contributed by atoms with E-state index < -0.39 is 8.32 Å². The zero-order valence-corrected chi connectivity index (χ0v) is 13.2. The fourth-order valence-electron chi connectivity index (χ4n) is 2.04. The van der Waals surface area contributed by atoms with Crippen LogP contribution in [0.1, 0.15) is 0 Å². The van der Waals surface area contributed by atoms with Crippen LogP contribution in [-0.4, -0.2) is 13.3 Å². The second-order valence-corrected chi connectivity index (χ2v) is 10.3. The Morgan fingerprint density at radius 3 is 2.43 bits per heavy atom. The highest BCUT2D eigenvalue weighted by Crippen LogP contribution is 2.28. The topological polar surface area (TPSA) is 35.3 Å². The van der Waals surface area contributed by atoms with Crippen molar-refractivity contribution < 1.29 is 13.2 Å². The quantitative estimate of drug-likeness (QED) is 0.649. The first-order valence-corrected chi connectivity index (χ1v) is 10.2. The maximum atomic E-state index is 13.0. The van der Waals surface area contributed by atoms with Crippen LogP contribution in [-0.2, 0) is 0 Å². The van der Waals surface area contributed by atoms with Crippen LogP contribution in [0.4, 0.5) is 4.39 Å². The highest BCUT2D eigenvalue weighted by Gasteiger charge is 2.17. The van der Waals surface area contributed by atoms with Crippen molar-refractivity contribution in [1.29, 1.82) is 0 Å². The summed E-state index contributed by atoms with van der Waals surface area (Å²) in [5.74, 6) is 1.01. The second-order valence-electron chi connectivity index (χ2n) is 5.87. The van der Waals surface area contributed by atoms with E-state index in [4.69, 9.17) is 8.84 Å².